The minimum absolute atomic E-state index is 0.330. The molecule has 0 unspecified atom stereocenters. The lowest BCUT2D eigenvalue weighted by Crippen LogP contribution is -2.46. The SMILES string of the molecule is CCOc1ccc(NC(=O)[C@H](CCSC)NC(N)=O)cc1OC. The first-order chi connectivity index (χ1) is 11.0. The van der Waals surface area contributed by atoms with Gasteiger partial charge in [-0.2, -0.15) is 11.8 Å². The fourth-order valence-corrected chi connectivity index (χ4v) is 2.40. The number of hydrogen-bond donors (Lipinski definition) is 3. The van der Waals surface area contributed by atoms with Crippen LogP contribution in [-0.2, 0) is 4.79 Å². The fraction of sp³-hybridized carbons (Fsp3) is 0.467. The Hall–Kier alpha value is -2.09. The number of carbonyl (C=O) groups excluding carboxylic acids is 2. The molecule has 23 heavy (non-hydrogen) atoms. The first-order valence-electron chi connectivity index (χ1n) is 7.18. The van der Waals surface area contributed by atoms with Crippen LogP contribution in [0.5, 0.6) is 11.5 Å². The van der Waals surface area contributed by atoms with Crippen molar-refractivity contribution in [1.82, 2.24) is 5.32 Å². The number of nitrogens with two attached hydrogens (primary N) is 1. The molecule has 0 radical (unpaired) electrons. The number of thioether (sulfide) groups is 1. The summed E-state index contributed by atoms with van der Waals surface area (Å²) in [5, 5.41) is 5.20. The molecule has 0 saturated heterocycles. The molecule has 0 aliphatic carbocycles. The molecule has 0 saturated carbocycles. The fourth-order valence-electron chi connectivity index (χ4n) is 1.93. The number of benzene rings is 1. The Morgan fingerprint density at radius 3 is 2.65 bits per heavy atom. The molecule has 3 amide bonds. The van der Waals surface area contributed by atoms with Gasteiger partial charge in [0, 0.05) is 11.8 Å². The van der Waals surface area contributed by atoms with Crippen LogP contribution in [0.25, 0.3) is 0 Å². The van der Waals surface area contributed by atoms with Crippen molar-refractivity contribution in [3.8, 4) is 11.5 Å². The van der Waals surface area contributed by atoms with Crippen molar-refractivity contribution >= 4 is 29.4 Å². The van der Waals surface area contributed by atoms with E-state index in [9.17, 15) is 9.59 Å². The van der Waals surface area contributed by atoms with Crippen molar-refractivity contribution in [3.05, 3.63) is 18.2 Å². The number of methoxy groups -OCH3 is 1. The van der Waals surface area contributed by atoms with E-state index in [1.807, 2.05) is 13.2 Å². The molecule has 1 aromatic rings. The van der Waals surface area contributed by atoms with Crippen molar-refractivity contribution in [2.75, 3.05) is 31.0 Å². The molecule has 0 aromatic heterocycles. The number of hydrogen-bond acceptors (Lipinski definition) is 5. The molecule has 128 valence electrons. The molecule has 1 aromatic carbocycles. The lowest BCUT2D eigenvalue weighted by atomic mass is 10.2. The molecule has 4 N–H and O–H groups in total. The number of amides is 3. The molecule has 7 nitrogen and oxygen atoms in total. The molecule has 0 aliphatic heterocycles. The molecule has 1 rings (SSSR count). The predicted molar refractivity (Wildman–Crippen MR) is 92.3 cm³/mol. The van der Waals surface area contributed by atoms with Gasteiger partial charge in [-0.3, -0.25) is 4.79 Å². The van der Waals surface area contributed by atoms with Crippen molar-refractivity contribution in [3.63, 3.8) is 0 Å². The van der Waals surface area contributed by atoms with Crippen LogP contribution < -0.4 is 25.8 Å². The van der Waals surface area contributed by atoms with Crippen LogP contribution >= 0.6 is 11.8 Å². The van der Waals surface area contributed by atoms with E-state index in [-0.39, 0.29) is 5.91 Å². The number of anilines is 1. The van der Waals surface area contributed by atoms with Crippen LogP contribution in [0.4, 0.5) is 10.5 Å². The van der Waals surface area contributed by atoms with Crippen LogP contribution in [0, 0.1) is 0 Å². The smallest absolute Gasteiger partial charge is 0.312 e. The van der Waals surface area contributed by atoms with Gasteiger partial charge in [-0.1, -0.05) is 0 Å². The number of urea groups is 1. The Kier molecular flexibility index (Phi) is 8.10. The summed E-state index contributed by atoms with van der Waals surface area (Å²) in [5.74, 6) is 1.52. The first kappa shape index (κ1) is 19.0. The van der Waals surface area contributed by atoms with Crippen LogP contribution in [-0.4, -0.2) is 43.7 Å². The summed E-state index contributed by atoms with van der Waals surface area (Å²) in [6, 6.07) is 3.68. The average Bonchev–Trinajstić information content (AvgIpc) is 2.52. The Bertz CT molecular complexity index is 539. The highest BCUT2D eigenvalue weighted by Gasteiger charge is 2.20. The molecule has 0 fully saturated rings. The summed E-state index contributed by atoms with van der Waals surface area (Å²) in [6.07, 6.45) is 2.42. The van der Waals surface area contributed by atoms with Gasteiger partial charge in [0.05, 0.1) is 13.7 Å². The third-order valence-electron chi connectivity index (χ3n) is 2.97. The Morgan fingerprint density at radius 2 is 2.09 bits per heavy atom. The third-order valence-corrected chi connectivity index (χ3v) is 3.62. The molecule has 0 bridgehead atoms. The quantitative estimate of drug-likeness (QED) is 0.636. The van der Waals surface area contributed by atoms with E-state index in [1.165, 1.54) is 7.11 Å². The topological polar surface area (TPSA) is 103 Å². The van der Waals surface area contributed by atoms with Gasteiger partial charge < -0.3 is 25.8 Å². The highest BCUT2D eigenvalue weighted by Crippen LogP contribution is 2.30. The zero-order valence-electron chi connectivity index (χ0n) is 13.5. The highest BCUT2D eigenvalue weighted by molar-refractivity contribution is 7.98. The van der Waals surface area contributed by atoms with E-state index in [1.54, 1.807) is 30.0 Å². The third kappa shape index (κ3) is 6.27. The van der Waals surface area contributed by atoms with Gasteiger partial charge in [0.15, 0.2) is 11.5 Å². The van der Waals surface area contributed by atoms with Gasteiger partial charge in [0.25, 0.3) is 0 Å². The molecule has 0 spiro atoms. The zero-order valence-corrected chi connectivity index (χ0v) is 14.4. The van der Waals surface area contributed by atoms with E-state index in [0.717, 1.165) is 5.75 Å². The average molecular weight is 341 g/mol. The van der Waals surface area contributed by atoms with E-state index in [0.29, 0.717) is 30.2 Å². The lowest BCUT2D eigenvalue weighted by molar-refractivity contribution is -0.117. The van der Waals surface area contributed by atoms with Gasteiger partial charge in [-0.15, -0.1) is 0 Å². The normalized spacial score (nSPS) is 11.4. The summed E-state index contributed by atoms with van der Waals surface area (Å²) in [4.78, 5) is 23.3. The molecule has 8 heteroatoms. The number of ether oxygens (including phenoxy) is 2. The van der Waals surface area contributed by atoms with Crippen LogP contribution in [0.3, 0.4) is 0 Å². The summed E-state index contributed by atoms with van der Waals surface area (Å²) >= 11 is 1.59. The molecule has 0 aliphatic rings. The molecule has 0 heterocycles. The summed E-state index contributed by atoms with van der Waals surface area (Å²) < 4.78 is 10.7. The number of rotatable bonds is 9. The number of nitrogens with one attached hydrogen (secondary N) is 2. The van der Waals surface area contributed by atoms with Gasteiger partial charge in [-0.25, -0.2) is 4.79 Å². The van der Waals surface area contributed by atoms with Crippen molar-refractivity contribution < 1.29 is 19.1 Å². The van der Waals surface area contributed by atoms with Crippen LogP contribution in [0.15, 0.2) is 18.2 Å². The summed E-state index contributed by atoms with van der Waals surface area (Å²) in [5.41, 5.74) is 5.67. The Morgan fingerprint density at radius 1 is 1.35 bits per heavy atom. The number of carbonyl (C=O) groups is 2. The Labute approximate surface area is 140 Å². The van der Waals surface area contributed by atoms with Gasteiger partial charge in [0.2, 0.25) is 5.91 Å². The van der Waals surface area contributed by atoms with E-state index in [4.69, 9.17) is 15.2 Å². The molecular weight excluding hydrogens is 318 g/mol. The van der Waals surface area contributed by atoms with Crippen molar-refractivity contribution in [2.24, 2.45) is 5.73 Å². The van der Waals surface area contributed by atoms with Crippen molar-refractivity contribution in [2.45, 2.75) is 19.4 Å². The maximum atomic E-state index is 12.3. The maximum absolute atomic E-state index is 12.3. The van der Waals surface area contributed by atoms with Crippen LogP contribution in [0.1, 0.15) is 13.3 Å². The standard InChI is InChI=1S/C15H23N3O4S/c1-4-22-12-6-5-10(9-13(12)21-2)17-14(19)11(7-8-23-3)18-15(16)20/h5-6,9,11H,4,7-8H2,1-3H3,(H,17,19)(H3,16,18,20)/t11-/m0/s1. The predicted octanol–water partition coefficient (Wildman–Crippen LogP) is 1.82. The molecular formula is C15H23N3O4S. The lowest BCUT2D eigenvalue weighted by Gasteiger charge is -2.17. The summed E-state index contributed by atoms with van der Waals surface area (Å²) in [6.45, 7) is 2.39. The monoisotopic (exact) mass is 341 g/mol. The van der Waals surface area contributed by atoms with Crippen molar-refractivity contribution in [1.29, 1.82) is 0 Å². The number of primary amides is 1. The van der Waals surface area contributed by atoms with Gasteiger partial charge >= 0.3 is 6.03 Å². The second-order valence-corrected chi connectivity index (χ2v) is 5.62. The zero-order chi connectivity index (χ0) is 17.2. The van der Waals surface area contributed by atoms with Gasteiger partial charge in [0.1, 0.15) is 6.04 Å². The largest absolute Gasteiger partial charge is 0.493 e. The molecule has 1 atom stereocenters. The maximum Gasteiger partial charge on any atom is 0.312 e. The van der Waals surface area contributed by atoms with E-state index in [2.05, 4.69) is 10.6 Å². The Balaban J connectivity index is 2.82. The first-order valence-corrected chi connectivity index (χ1v) is 8.57. The van der Waals surface area contributed by atoms with E-state index >= 15 is 0 Å². The minimum Gasteiger partial charge on any atom is -0.493 e. The van der Waals surface area contributed by atoms with E-state index < -0.39 is 12.1 Å². The van der Waals surface area contributed by atoms with Crippen LogP contribution in [0.2, 0.25) is 0 Å². The summed E-state index contributed by atoms with van der Waals surface area (Å²) in [7, 11) is 1.53. The second-order valence-electron chi connectivity index (χ2n) is 4.63. The second kappa shape index (κ2) is 9.83. The van der Waals surface area contributed by atoms with Gasteiger partial charge in [-0.05, 0) is 37.5 Å². The highest BCUT2D eigenvalue weighted by atomic mass is 32.2. The minimum atomic E-state index is -0.726.